The molecule has 0 aliphatic carbocycles. The van der Waals surface area contributed by atoms with Gasteiger partial charge in [0.15, 0.2) is 23.9 Å². The average Bonchev–Trinajstić information content (AvgIpc) is 2.60. The zero-order chi connectivity index (χ0) is 17.4. The van der Waals surface area contributed by atoms with E-state index in [0.29, 0.717) is 17.1 Å². The van der Waals surface area contributed by atoms with Crippen LogP contribution in [-0.4, -0.2) is 45.0 Å². The molecule has 24 heavy (non-hydrogen) atoms. The van der Waals surface area contributed by atoms with E-state index in [1.54, 1.807) is 19.2 Å². The van der Waals surface area contributed by atoms with Crippen LogP contribution in [0.3, 0.4) is 0 Å². The first kappa shape index (κ1) is 18.0. The van der Waals surface area contributed by atoms with Gasteiger partial charge in [-0.05, 0) is 51.2 Å². The normalized spacial score (nSPS) is 10.7. The van der Waals surface area contributed by atoms with E-state index in [0.717, 1.165) is 19.4 Å². The van der Waals surface area contributed by atoms with E-state index in [1.165, 1.54) is 5.56 Å². The van der Waals surface area contributed by atoms with Crippen molar-refractivity contribution in [3.63, 3.8) is 0 Å². The van der Waals surface area contributed by atoms with Crippen molar-refractivity contribution in [3.05, 3.63) is 59.7 Å². The number of carbonyl (C=O) groups excluding carboxylic acids is 1. The Kier molecular flexibility index (Phi) is 6.82. The maximum absolute atomic E-state index is 12.1. The van der Waals surface area contributed by atoms with Crippen molar-refractivity contribution >= 4 is 5.78 Å². The molecule has 0 aliphatic heterocycles. The van der Waals surface area contributed by atoms with Gasteiger partial charge in [0.2, 0.25) is 0 Å². The van der Waals surface area contributed by atoms with E-state index in [4.69, 9.17) is 9.47 Å². The van der Waals surface area contributed by atoms with Gasteiger partial charge in [-0.25, -0.2) is 0 Å². The van der Waals surface area contributed by atoms with Crippen LogP contribution in [0.1, 0.15) is 22.3 Å². The molecule has 2 aromatic carbocycles. The van der Waals surface area contributed by atoms with Crippen molar-refractivity contribution in [3.8, 4) is 11.5 Å². The lowest BCUT2D eigenvalue weighted by atomic mass is 10.1. The molecule has 0 radical (unpaired) electrons. The maximum atomic E-state index is 12.1. The van der Waals surface area contributed by atoms with Crippen molar-refractivity contribution in [2.75, 3.05) is 34.4 Å². The molecule has 128 valence electrons. The number of nitrogens with zero attached hydrogens (tertiary/aromatic N) is 1. The van der Waals surface area contributed by atoms with Gasteiger partial charge in [0.05, 0.1) is 7.11 Å². The van der Waals surface area contributed by atoms with Gasteiger partial charge < -0.3 is 14.4 Å². The van der Waals surface area contributed by atoms with Crippen molar-refractivity contribution < 1.29 is 14.3 Å². The Hall–Kier alpha value is -2.33. The summed E-state index contributed by atoms with van der Waals surface area (Å²) < 4.78 is 11.1. The fourth-order valence-corrected chi connectivity index (χ4v) is 2.44. The summed E-state index contributed by atoms with van der Waals surface area (Å²) in [5, 5.41) is 0. The van der Waals surface area contributed by atoms with Crippen LogP contribution < -0.4 is 9.47 Å². The Morgan fingerprint density at radius 2 is 1.79 bits per heavy atom. The zero-order valence-electron chi connectivity index (χ0n) is 14.6. The van der Waals surface area contributed by atoms with Crippen LogP contribution in [0.15, 0.2) is 48.5 Å². The molecule has 4 heteroatoms. The predicted molar refractivity (Wildman–Crippen MR) is 96.1 cm³/mol. The molecule has 0 N–H and O–H groups in total. The van der Waals surface area contributed by atoms with Gasteiger partial charge in [-0.3, -0.25) is 4.79 Å². The van der Waals surface area contributed by atoms with E-state index in [9.17, 15) is 4.79 Å². The molecule has 0 unspecified atom stereocenters. The number of Topliss-reactive ketones (excluding diaryl/α,β-unsaturated/α-hetero) is 1. The maximum Gasteiger partial charge on any atom is 0.200 e. The molecule has 0 saturated heterocycles. The lowest BCUT2D eigenvalue weighted by molar-refractivity contribution is 0.0919. The molecule has 0 spiro atoms. The van der Waals surface area contributed by atoms with Crippen molar-refractivity contribution in [1.29, 1.82) is 0 Å². The van der Waals surface area contributed by atoms with Gasteiger partial charge in [-0.1, -0.05) is 36.4 Å². The van der Waals surface area contributed by atoms with Gasteiger partial charge in [-0.15, -0.1) is 0 Å². The number of aryl methyl sites for hydroxylation is 1. The Morgan fingerprint density at radius 3 is 2.46 bits per heavy atom. The summed E-state index contributed by atoms with van der Waals surface area (Å²) in [7, 11) is 5.76. The molecular weight excluding hydrogens is 302 g/mol. The highest BCUT2D eigenvalue weighted by Gasteiger charge is 2.10. The van der Waals surface area contributed by atoms with Gasteiger partial charge >= 0.3 is 0 Å². The fourth-order valence-electron chi connectivity index (χ4n) is 2.44. The summed E-state index contributed by atoms with van der Waals surface area (Å²) in [5.74, 6) is 1.21. The van der Waals surface area contributed by atoms with E-state index < -0.39 is 0 Å². The van der Waals surface area contributed by atoms with Crippen LogP contribution in [0.4, 0.5) is 0 Å². The van der Waals surface area contributed by atoms with Gasteiger partial charge in [-0.2, -0.15) is 0 Å². The first-order valence-electron chi connectivity index (χ1n) is 8.13. The third-order valence-electron chi connectivity index (χ3n) is 3.75. The molecular formula is C20H25NO3. The Bertz CT molecular complexity index is 653. The molecule has 0 heterocycles. The van der Waals surface area contributed by atoms with Crippen LogP contribution in [0.5, 0.6) is 11.5 Å². The summed E-state index contributed by atoms with van der Waals surface area (Å²) in [6.45, 7) is 1.05. The smallest absolute Gasteiger partial charge is 0.200 e. The topological polar surface area (TPSA) is 38.8 Å². The molecule has 2 aromatic rings. The van der Waals surface area contributed by atoms with Gasteiger partial charge in [0, 0.05) is 5.56 Å². The van der Waals surface area contributed by atoms with Gasteiger partial charge in [0.25, 0.3) is 0 Å². The molecule has 4 nitrogen and oxygen atoms in total. The Morgan fingerprint density at radius 1 is 1.04 bits per heavy atom. The second kappa shape index (κ2) is 9.08. The second-order valence-electron chi connectivity index (χ2n) is 5.97. The van der Waals surface area contributed by atoms with Crippen molar-refractivity contribution in [2.24, 2.45) is 0 Å². The zero-order valence-corrected chi connectivity index (χ0v) is 14.6. The van der Waals surface area contributed by atoms with E-state index >= 15 is 0 Å². The Labute approximate surface area is 144 Å². The molecule has 0 saturated carbocycles. The molecule has 0 aliphatic rings. The summed E-state index contributed by atoms with van der Waals surface area (Å²) in [5.41, 5.74) is 1.85. The number of hydrogen-bond acceptors (Lipinski definition) is 4. The van der Waals surface area contributed by atoms with Crippen LogP contribution >= 0.6 is 0 Å². The minimum absolute atomic E-state index is 0.000347. The number of rotatable bonds is 9. The van der Waals surface area contributed by atoms with Crippen molar-refractivity contribution in [1.82, 2.24) is 4.90 Å². The standard InChI is InChI=1S/C20H25NO3/c1-21(2)13-7-8-16-11-12-19(20(14-16)23-3)24-15-18(22)17-9-5-4-6-10-17/h4-6,9-12,14H,7-8,13,15H2,1-3H3. The summed E-state index contributed by atoms with van der Waals surface area (Å²) in [4.78, 5) is 14.3. The molecule has 2 rings (SSSR count). The Balaban J connectivity index is 1.96. The lowest BCUT2D eigenvalue weighted by Crippen LogP contribution is -2.13. The van der Waals surface area contributed by atoms with Crippen LogP contribution in [0, 0.1) is 0 Å². The summed E-state index contributed by atoms with van der Waals surface area (Å²) in [6.07, 6.45) is 2.07. The largest absolute Gasteiger partial charge is 0.493 e. The minimum Gasteiger partial charge on any atom is -0.493 e. The quantitative estimate of drug-likeness (QED) is 0.661. The first-order valence-corrected chi connectivity index (χ1v) is 8.13. The van der Waals surface area contributed by atoms with E-state index in [2.05, 4.69) is 19.0 Å². The van der Waals surface area contributed by atoms with Crippen LogP contribution in [-0.2, 0) is 6.42 Å². The average molecular weight is 327 g/mol. The summed E-state index contributed by atoms with van der Waals surface area (Å²) >= 11 is 0. The molecule has 0 aromatic heterocycles. The number of ketones is 1. The van der Waals surface area contributed by atoms with E-state index in [1.807, 2.05) is 36.4 Å². The molecule has 0 bridgehead atoms. The number of methoxy groups -OCH3 is 1. The third kappa shape index (κ3) is 5.39. The van der Waals surface area contributed by atoms with Crippen molar-refractivity contribution in [2.45, 2.75) is 12.8 Å². The van der Waals surface area contributed by atoms with Gasteiger partial charge in [0.1, 0.15) is 0 Å². The molecule has 0 atom stereocenters. The number of benzene rings is 2. The fraction of sp³-hybridized carbons (Fsp3) is 0.350. The van der Waals surface area contributed by atoms with Crippen LogP contribution in [0.25, 0.3) is 0 Å². The predicted octanol–water partition coefficient (Wildman–Crippen LogP) is 3.45. The molecule has 0 fully saturated rings. The third-order valence-corrected chi connectivity index (χ3v) is 3.75. The minimum atomic E-state index is -0.0484. The first-order chi connectivity index (χ1) is 11.6. The van der Waals surface area contributed by atoms with Crippen LogP contribution in [0.2, 0.25) is 0 Å². The highest BCUT2D eigenvalue weighted by Crippen LogP contribution is 2.28. The monoisotopic (exact) mass is 327 g/mol. The van der Waals surface area contributed by atoms with E-state index in [-0.39, 0.29) is 12.4 Å². The number of ether oxygens (including phenoxy) is 2. The molecule has 0 amide bonds. The SMILES string of the molecule is COc1cc(CCCN(C)C)ccc1OCC(=O)c1ccccc1. The highest BCUT2D eigenvalue weighted by molar-refractivity contribution is 5.97. The number of hydrogen-bond donors (Lipinski definition) is 0. The second-order valence-corrected chi connectivity index (χ2v) is 5.97. The lowest BCUT2D eigenvalue weighted by Gasteiger charge is -2.13. The number of carbonyl (C=O) groups is 1. The summed E-state index contributed by atoms with van der Waals surface area (Å²) in [6, 6.07) is 15.0. The highest BCUT2D eigenvalue weighted by atomic mass is 16.5.